The van der Waals surface area contributed by atoms with Crippen LogP contribution in [0.1, 0.15) is 23.1 Å². The van der Waals surface area contributed by atoms with Gasteiger partial charge in [0.25, 0.3) is 5.91 Å². The molecule has 0 spiro atoms. The monoisotopic (exact) mass is 519 g/mol. The predicted octanol–water partition coefficient (Wildman–Crippen LogP) is 1.12. The summed E-state index contributed by atoms with van der Waals surface area (Å²) in [5.41, 5.74) is 1.89. The normalized spacial score (nSPS) is 28.8. The molecule has 6 rings (SSSR count). The second kappa shape index (κ2) is 7.94. The Hall–Kier alpha value is -4.61. The Morgan fingerprint density at radius 1 is 1.08 bits per heavy atom. The van der Waals surface area contributed by atoms with Gasteiger partial charge in [0.2, 0.25) is 12.6 Å². The molecule has 0 saturated heterocycles. The van der Waals surface area contributed by atoms with Gasteiger partial charge in [0.05, 0.1) is 17.2 Å². The summed E-state index contributed by atoms with van der Waals surface area (Å²) in [7, 11) is 0. The number of phenols is 1. The molecule has 0 unspecified atom stereocenters. The fourth-order valence-corrected chi connectivity index (χ4v) is 5.87. The van der Waals surface area contributed by atoms with Crippen LogP contribution in [-0.4, -0.2) is 61.5 Å². The number of fused-ring (bicyclic) bond motifs is 4. The average Bonchev–Trinajstić information content (AvgIpc) is 3.34. The summed E-state index contributed by atoms with van der Waals surface area (Å²) < 4.78 is 10.8. The molecule has 194 valence electrons. The van der Waals surface area contributed by atoms with Gasteiger partial charge in [-0.05, 0) is 34.9 Å². The second-order valence-corrected chi connectivity index (χ2v) is 9.56. The van der Waals surface area contributed by atoms with E-state index in [0.717, 1.165) is 0 Å². The SMILES string of the molecule is NC(=O)C1=C(O)[C@@]2(O)C(=O)C3=C(O)c4c(O)cccc4/C(=C\c4ccc5c(c4)OCO5)[C@H]3[C@H](O)[C@H]2CC1=O. The van der Waals surface area contributed by atoms with Gasteiger partial charge in [0, 0.05) is 18.3 Å². The van der Waals surface area contributed by atoms with E-state index in [1.54, 1.807) is 30.3 Å². The Morgan fingerprint density at radius 2 is 1.82 bits per heavy atom. The zero-order chi connectivity index (χ0) is 27.1. The number of Topliss-reactive ketones (excluding diaryl/α,β-unsaturated/α-hetero) is 2. The van der Waals surface area contributed by atoms with E-state index in [0.29, 0.717) is 28.2 Å². The number of amides is 1. The molecule has 11 heteroatoms. The molecular weight excluding hydrogens is 498 g/mol. The lowest BCUT2D eigenvalue weighted by Crippen LogP contribution is -2.63. The highest BCUT2D eigenvalue weighted by Crippen LogP contribution is 2.55. The summed E-state index contributed by atoms with van der Waals surface area (Å²) in [5, 5.41) is 55.6. The number of aliphatic hydroxyl groups is 4. The number of benzene rings is 2. The highest BCUT2D eigenvalue weighted by molar-refractivity contribution is 6.23. The molecule has 0 aromatic heterocycles. The molecule has 38 heavy (non-hydrogen) atoms. The smallest absolute Gasteiger partial charge is 0.255 e. The summed E-state index contributed by atoms with van der Waals surface area (Å²) in [6, 6.07) is 9.42. The quantitative estimate of drug-likeness (QED) is 0.313. The van der Waals surface area contributed by atoms with Gasteiger partial charge in [0.1, 0.15) is 22.8 Å². The first kappa shape index (κ1) is 23.8. The Kier molecular flexibility index (Phi) is 4.97. The van der Waals surface area contributed by atoms with Crippen molar-refractivity contribution in [3.05, 3.63) is 70.0 Å². The highest BCUT2D eigenvalue weighted by Gasteiger charge is 2.64. The minimum absolute atomic E-state index is 0.0429. The molecule has 11 nitrogen and oxygen atoms in total. The number of aliphatic hydroxyl groups excluding tert-OH is 3. The average molecular weight is 519 g/mol. The number of hydrogen-bond donors (Lipinski definition) is 6. The number of hydrogen-bond acceptors (Lipinski definition) is 10. The first-order valence-electron chi connectivity index (χ1n) is 11.6. The van der Waals surface area contributed by atoms with Gasteiger partial charge in [-0.1, -0.05) is 24.3 Å². The third kappa shape index (κ3) is 2.99. The predicted molar refractivity (Wildman–Crippen MR) is 130 cm³/mol. The molecule has 2 aromatic carbocycles. The van der Waals surface area contributed by atoms with Crippen molar-refractivity contribution in [3.8, 4) is 17.2 Å². The summed E-state index contributed by atoms with van der Waals surface area (Å²) in [5.74, 6) is -7.75. The van der Waals surface area contributed by atoms with Gasteiger partial charge in [-0.15, -0.1) is 0 Å². The molecule has 4 aliphatic rings. The molecule has 0 radical (unpaired) electrons. The van der Waals surface area contributed by atoms with Crippen LogP contribution in [-0.2, 0) is 14.4 Å². The van der Waals surface area contributed by atoms with Crippen molar-refractivity contribution >= 4 is 34.9 Å². The van der Waals surface area contributed by atoms with Crippen LogP contribution in [0, 0.1) is 11.8 Å². The van der Waals surface area contributed by atoms with Crippen molar-refractivity contribution in [2.75, 3.05) is 6.79 Å². The largest absolute Gasteiger partial charge is 0.508 e. The summed E-state index contributed by atoms with van der Waals surface area (Å²) >= 11 is 0. The number of rotatable bonds is 2. The zero-order valence-corrected chi connectivity index (χ0v) is 19.5. The highest BCUT2D eigenvalue weighted by atomic mass is 16.7. The fourth-order valence-electron chi connectivity index (χ4n) is 5.87. The number of primary amides is 1. The van der Waals surface area contributed by atoms with Crippen LogP contribution in [0.4, 0.5) is 0 Å². The van der Waals surface area contributed by atoms with E-state index in [9.17, 15) is 39.9 Å². The standard InChI is InChI=1S/C27H21NO10/c28-26(35)20-15(30)8-13-22(31)19-12(6-10-4-5-16-17(7-10)38-9-37-16)11-2-1-3-14(29)18(11)23(32)21(19)25(34)27(13,36)24(20)33/h1-7,13,19,22,29,31-33,36H,8-9H2,(H2,28,35)/b12-6+/t13-,19-,22-,27-/m1/s1. The van der Waals surface area contributed by atoms with Crippen molar-refractivity contribution in [2.45, 2.75) is 18.1 Å². The van der Waals surface area contributed by atoms with Gasteiger partial charge >= 0.3 is 0 Å². The molecule has 2 aromatic rings. The van der Waals surface area contributed by atoms with Crippen LogP contribution in [0.15, 0.2) is 53.3 Å². The molecule has 3 aliphatic carbocycles. The third-order valence-corrected chi connectivity index (χ3v) is 7.62. The molecule has 1 saturated carbocycles. The molecule has 1 aliphatic heterocycles. The van der Waals surface area contributed by atoms with Crippen LogP contribution < -0.4 is 15.2 Å². The van der Waals surface area contributed by atoms with Crippen molar-refractivity contribution in [1.82, 2.24) is 0 Å². The minimum atomic E-state index is -2.91. The molecule has 1 fully saturated rings. The number of ketones is 2. The number of ether oxygens (including phenoxy) is 2. The Bertz CT molecular complexity index is 1570. The first-order valence-corrected chi connectivity index (χ1v) is 11.6. The minimum Gasteiger partial charge on any atom is -0.508 e. The summed E-state index contributed by atoms with van der Waals surface area (Å²) in [6.07, 6.45) is -0.737. The summed E-state index contributed by atoms with van der Waals surface area (Å²) in [6.45, 7) is 0.0429. The molecular formula is C27H21NO10. The number of carbonyl (C=O) groups excluding carboxylic acids is 3. The second-order valence-electron chi connectivity index (χ2n) is 9.56. The van der Waals surface area contributed by atoms with Crippen LogP contribution in [0.25, 0.3) is 17.4 Å². The molecule has 0 bridgehead atoms. The van der Waals surface area contributed by atoms with Gasteiger partial charge in [-0.3, -0.25) is 14.4 Å². The maximum Gasteiger partial charge on any atom is 0.255 e. The van der Waals surface area contributed by atoms with Crippen molar-refractivity contribution in [1.29, 1.82) is 0 Å². The maximum atomic E-state index is 13.8. The van der Waals surface area contributed by atoms with E-state index in [2.05, 4.69) is 0 Å². The molecule has 7 N–H and O–H groups in total. The topological polar surface area (TPSA) is 197 Å². The van der Waals surface area contributed by atoms with Gasteiger partial charge in [-0.25, -0.2) is 0 Å². The lowest BCUT2D eigenvalue weighted by atomic mass is 9.56. The number of carbonyl (C=O) groups is 3. The van der Waals surface area contributed by atoms with Crippen molar-refractivity contribution in [2.24, 2.45) is 17.6 Å². The van der Waals surface area contributed by atoms with Gasteiger partial charge in [0.15, 0.2) is 22.9 Å². The van der Waals surface area contributed by atoms with Gasteiger partial charge < -0.3 is 40.7 Å². The van der Waals surface area contributed by atoms with E-state index < -0.39 is 70.1 Å². The summed E-state index contributed by atoms with van der Waals surface area (Å²) in [4.78, 5) is 38.4. The zero-order valence-electron chi connectivity index (χ0n) is 19.5. The van der Waals surface area contributed by atoms with E-state index >= 15 is 0 Å². The van der Waals surface area contributed by atoms with Crippen LogP contribution in [0.3, 0.4) is 0 Å². The number of phenolic OH excluding ortho intramolecular Hbond substituents is 1. The number of nitrogens with two attached hydrogens (primary N) is 1. The van der Waals surface area contributed by atoms with Crippen LogP contribution >= 0.6 is 0 Å². The van der Waals surface area contributed by atoms with Crippen molar-refractivity contribution < 1.29 is 49.4 Å². The maximum absolute atomic E-state index is 13.8. The molecule has 4 atom stereocenters. The number of aromatic hydroxyl groups is 1. The fraction of sp³-hybridized carbons (Fsp3) is 0.222. The van der Waals surface area contributed by atoms with Gasteiger partial charge in [-0.2, -0.15) is 0 Å². The third-order valence-electron chi connectivity index (χ3n) is 7.62. The molecule has 1 amide bonds. The molecule has 1 heterocycles. The Balaban J connectivity index is 1.61. The first-order chi connectivity index (χ1) is 18.1. The van der Waals surface area contributed by atoms with E-state index in [1.807, 2.05) is 0 Å². The lowest BCUT2D eigenvalue weighted by molar-refractivity contribution is -0.157. The van der Waals surface area contributed by atoms with Crippen molar-refractivity contribution in [3.63, 3.8) is 0 Å². The Labute approximate surface area is 214 Å². The van der Waals surface area contributed by atoms with Crippen LogP contribution in [0.2, 0.25) is 0 Å². The van der Waals surface area contributed by atoms with E-state index in [1.165, 1.54) is 12.1 Å². The van der Waals surface area contributed by atoms with Crippen LogP contribution in [0.5, 0.6) is 17.2 Å². The van der Waals surface area contributed by atoms with E-state index in [4.69, 9.17) is 15.2 Å². The van der Waals surface area contributed by atoms with E-state index in [-0.39, 0.29) is 18.1 Å². The Morgan fingerprint density at radius 3 is 2.55 bits per heavy atom. The lowest BCUT2D eigenvalue weighted by Gasteiger charge is -2.49.